The van der Waals surface area contributed by atoms with Crippen LogP contribution in [0.3, 0.4) is 0 Å². The Bertz CT molecular complexity index is 742. The third-order valence-corrected chi connectivity index (χ3v) is 4.59. The molecule has 132 valence electrons. The number of benzene rings is 2. The summed E-state index contributed by atoms with van der Waals surface area (Å²) in [6.07, 6.45) is 0.991. The van der Waals surface area contributed by atoms with Gasteiger partial charge in [0.1, 0.15) is 11.9 Å². The van der Waals surface area contributed by atoms with Crippen LogP contribution in [0, 0.1) is 0 Å². The van der Waals surface area contributed by atoms with E-state index in [2.05, 4.69) is 17.0 Å². The maximum Gasteiger partial charge on any atom is 0.132 e. The normalized spacial score (nSPS) is 20.0. The van der Waals surface area contributed by atoms with Crippen LogP contribution in [-0.2, 0) is 11.3 Å². The van der Waals surface area contributed by atoms with Crippen molar-refractivity contribution in [1.82, 2.24) is 4.90 Å². The number of nitrogens with zero attached hydrogens (tertiary/aromatic N) is 1. The molecule has 25 heavy (non-hydrogen) atoms. The molecule has 0 aromatic heterocycles. The Kier molecular flexibility index (Phi) is 5.76. The number of aliphatic hydroxyl groups excluding tert-OH is 1. The molecule has 4 nitrogen and oxygen atoms in total. The van der Waals surface area contributed by atoms with E-state index in [0.717, 1.165) is 55.3 Å². The zero-order valence-electron chi connectivity index (χ0n) is 13.9. The number of halogens is 1. The summed E-state index contributed by atoms with van der Waals surface area (Å²) in [5.74, 6) is 0.730. The fourth-order valence-electron chi connectivity index (χ4n) is 3.25. The van der Waals surface area contributed by atoms with Gasteiger partial charge in [-0.15, -0.1) is 12.4 Å². The Labute approximate surface area is 154 Å². The van der Waals surface area contributed by atoms with Crippen LogP contribution >= 0.6 is 12.4 Å². The standard InChI is InChI=1S/C20H21NO3.ClH/c22-20-17-12-15(13-21-8-10-23-11-9-21)6-7-19(17)24-14-18(20)16-4-2-1-3-5-16;/h1-7,12,14,20,22H,8-11,13H2;1H. The zero-order chi connectivity index (χ0) is 16.4. The molecular weight excluding hydrogens is 338 g/mol. The average Bonchev–Trinajstić information content (AvgIpc) is 2.64. The molecule has 2 aliphatic rings. The van der Waals surface area contributed by atoms with Gasteiger partial charge >= 0.3 is 0 Å². The first-order valence-electron chi connectivity index (χ1n) is 8.34. The second kappa shape index (κ2) is 8.02. The van der Waals surface area contributed by atoms with E-state index in [1.165, 1.54) is 5.56 Å². The summed E-state index contributed by atoms with van der Waals surface area (Å²) >= 11 is 0. The van der Waals surface area contributed by atoms with Crippen molar-refractivity contribution in [1.29, 1.82) is 0 Å². The summed E-state index contributed by atoms with van der Waals surface area (Å²) in [7, 11) is 0. The molecule has 1 atom stereocenters. The van der Waals surface area contributed by atoms with Crippen molar-refractivity contribution in [2.45, 2.75) is 12.6 Å². The van der Waals surface area contributed by atoms with Gasteiger partial charge in [-0.3, -0.25) is 4.90 Å². The minimum Gasteiger partial charge on any atom is -0.464 e. The minimum absolute atomic E-state index is 0. The number of hydrogen-bond acceptors (Lipinski definition) is 4. The highest BCUT2D eigenvalue weighted by molar-refractivity contribution is 5.85. The molecule has 0 aliphatic carbocycles. The predicted molar refractivity (Wildman–Crippen MR) is 99.8 cm³/mol. The van der Waals surface area contributed by atoms with Gasteiger partial charge in [-0.05, 0) is 23.3 Å². The zero-order valence-corrected chi connectivity index (χ0v) is 14.7. The van der Waals surface area contributed by atoms with Crippen LogP contribution in [0.1, 0.15) is 22.8 Å². The monoisotopic (exact) mass is 359 g/mol. The van der Waals surface area contributed by atoms with Crippen molar-refractivity contribution in [3.05, 3.63) is 71.5 Å². The molecule has 2 aromatic carbocycles. The Morgan fingerprint density at radius 2 is 1.80 bits per heavy atom. The van der Waals surface area contributed by atoms with Crippen LogP contribution in [0.25, 0.3) is 5.57 Å². The molecule has 2 heterocycles. The summed E-state index contributed by atoms with van der Waals surface area (Å²) in [4.78, 5) is 2.37. The molecule has 1 unspecified atom stereocenters. The van der Waals surface area contributed by atoms with E-state index in [4.69, 9.17) is 9.47 Å². The van der Waals surface area contributed by atoms with E-state index in [1.54, 1.807) is 6.26 Å². The third kappa shape index (κ3) is 3.88. The van der Waals surface area contributed by atoms with Crippen molar-refractivity contribution in [2.75, 3.05) is 26.3 Å². The molecular formula is C20H22ClNO3. The van der Waals surface area contributed by atoms with Crippen molar-refractivity contribution in [3.63, 3.8) is 0 Å². The lowest BCUT2D eigenvalue weighted by Gasteiger charge is -2.28. The third-order valence-electron chi connectivity index (χ3n) is 4.59. The van der Waals surface area contributed by atoms with Crippen molar-refractivity contribution in [2.24, 2.45) is 0 Å². The predicted octanol–water partition coefficient (Wildman–Crippen LogP) is 3.41. The second-order valence-corrected chi connectivity index (χ2v) is 6.22. The smallest absolute Gasteiger partial charge is 0.132 e. The van der Waals surface area contributed by atoms with E-state index in [-0.39, 0.29) is 12.4 Å². The summed E-state index contributed by atoms with van der Waals surface area (Å²) in [6, 6.07) is 16.0. The first-order valence-corrected chi connectivity index (χ1v) is 8.34. The van der Waals surface area contributed by atoms with Gasteiger partial charge in [0.05, 0.1) is 19.5 Å². The lowest BCUT2D eigenvalue weighted by molar-refractivity contribution is 0.0341. The Balaban J connectivity index is 0.00000182. The summed E-state index contributed by atoms with van der Waals surface area (Å²) in [5.41, 5.74) is 3.80. The summed E-state index contributed by atoms with van der Waals surface area (Å²) in [6.45, 7) is 4.35. The number of morpholine rings is 1. The SMILES string of the molecule is Cl.OC1C(c2ccccc2)=COc2ccc(CN3CCOCC3)cc21. The molecule has 0 bridgehead atoms. The maximum absolute atomic E-state index is 10.8. The van der Waals surface area contributed by atoms with Gasteiger partial charge in [0, 0.05) is 30.8 Å². The Morgan fingerprint density at radius 1 is 1.04 bits per heavy atom. The Morgan fingerprint density at radius 3 is 2.56 bits per heavy atom. The van der Waals surface area contributed by atoms with Crippen molar-refractivity contribution in [3.8, 4) is 5.75 Å². The molecule has 2 aromatic rings. The highest BCUT2D eigenvalue weighted by Gasteiger charge is 2.24. The second-order valence-electron chi connectivity index (χ2n) is 6.22. The molecule has 0 amide bonds. The van der Waals surface area contributed by atoms with Crippen LogP contribution in [0.4, 0.5) is 0 Å². The molecule has 5 heteroatoms. The fourth-order valence-corrected chi connectivity index (χ4v) is 3.25. The molecule has 0 radical (unpaired) electrons. The highest BCUT2D eigenvalue weighted by Crippen LogP contribution is 2.39. The molecule has 2 aliphatic heterocycles. The van der Waals surface area contributed by atoms with E-state index in [9.17, 15) is 5.11 Å². The quantitative estimate of drug-likeness (QED) is 0.912. The van der Waals surface area contributed by atoms with Gasteiger partial charge in [0.25, 0.3) is 0 Å². The molecule has 1 fully saturated rings. The fraction of sp³-hybridized carbons (Fsp3) is 0.300. The first-order chi connectivity index (χ1) is 11.8. The van der Waals surface area contributed by atoms with Crippen LogP contribution < -0.4 is 4.74 Å². The number of aliphatic hydroxyl groups is 1. The first kappa shape index (κ1) is 18.0. The lowest BCUT2D eigenvalue weighted by Crippen LogP contribution is -2.35. The van der Waals surface area contributed by atoms with E-state index >= 15 is 0 Å². The molecule has 0 spiro atoms. The van der Waals surface area contributed by atoms with Gasteiger partial charge < -0.3 is 14.6 Å². The number of hydrogen-bond donors (Lipinski definition) is 1. The van der Waals surface area contributed by atoms with Gasteiger partial charge in [0.2, 0.25) is 0 Å². The Hall–Kier alpha value is -1.85. The maximum atomic E-state index is 10.8. The van der Waals surface area contributed by atoms with Gasteiger partial charge in [-0.2, -0.15) is 0 Å². The van der Waals surface area contributed by atoms with E-state index in [1.807, 2.05) is 36.4 Å². The van der Waals surface area contributed by atoms with Crippen molar-refractivity contribution >= 4 is 18.0 Å². The summed E-state index contributed by atoms with van der Waals surface area (Å²) < 4.78 is 11.1. The number of fused-ring (bicyclic) bond motifs is 1. The van der Waals surface area contributed by atoms with Crippen LogP contribution in [0.5, 0.6) is 5.75 Å². The van der Waals surface area contributed by atoms with Gasteiger partial charge in [-0.1, -0.05) is 36.4 Å². The molecule has 1 N–H and O–H groups in total. The van der Waals surface area contributed by atoms with E-state index in [0.29, 0.717) is 0 Å². The van der Waals surface area contributed by atoms with Gasteiger partial charge in [0.15, 0.2) is 0 Å². The van der Waals surface area contributed by atoms with Crippen LogP contribution in [-0.4, -0.2) is 36.3 Å². The number of rotatable bonds is 3. The largest absolute Gasteiger partial charge is 0.464 e. The molecule has 4 rings (SSSR count). The van der Waals surface area contributed by atoms with Crippen molar-refractivity contribution < 1.29 is 14.6 Å². The lowest BCUT2D eigenvalue weighted by atomic mass is 9.93. The van der Waals surface area contributed by atoms with Crippen LogP contribution in [0.15, 0.2) is 54.8 Å². The highest BCUT2D eigenvalue weighted by atomic mass is 35.5. The molecule has 0 saturated carbocycles. The average molecular weight is 360 g/mol. The molecule has 1 saturated heterocycles. The number of ether oxygens (including phenoxy) is 2. The minimum atomic E-state index is -0.666. The van der Waals surface area contributed by atoms with Gasteiger partial charge in [-0.25, -0.2) is 0 Å². The van der Waals surface area contributed by atoms with Crippen LogP contribution in [0.2, 0.25) is 0 Å². The summed E-state index contributed by atoms with van der Waals surface area (Å²) in [5, 5.41) is 10.8. The van der Waals surface area contributed by atoms with E-state index < -0.39 is 6.10 Å². The topological polar surface area (TPSA) is 41.9 Å².